The maximum absolute atomic E-state index is 12.5. The van der Waals surface area contributed by atoms with E-state index >= 15 is 0 Å². The SMILES string of the molecule is CCc1ccc(C(C#N)NC(=O)/C(N)=C/N(N)CCNC(=O)c2ccc(SC)cc2OC)cc1. The van der Waals surface area contributed by atoms with Crippen molar-refractivity contribution in [3.8, 4) is 11.8 Å². The van der Waals surface area contributed by atoms with Gasteiger partial charge in [-0.25, -0.2) is 5.84 Å². The fourth-order valence-corrected chi connectivity index (χ4v) is 3.46. The second-order valence-electron chi connectivity index (χ2n) is 7.28. The van der Waals surface area contributed by atoms with Crippen LogP contribution in [0, 0.1) is 11.3 Å². The summed E-state index contributed by atoms with van der Waals surface area (Å²) in [6.07, 6.45) is 4.07. The van der Waals surface area contributed by atoms with Crippen molar-refractivity contribution in [1.82, 2.24) is 15.6 Å². The van der Waals surface area contributed by atoms with Gasteiger partial charge in [0.15, 0.2) is 0 Å². The summed E-state index contributed by atoms with van der Waals surface area (Å²) in [4.78, 5) is 25.9. The highest BCUT2D eigenvalue weighted by atomic mass is 32.2. The molecule has 2 amide bonds. The minimum atomic E-state index is -0.844. The van der Waals surface area contributed by atoms with Gasteiger partial charge in [-0.2, -0.15) is 5.26 Å². The van der Waals surface area contributed by atoms with E-state index in [1.165, 1.54) is 18.3 Å². The number of rotatable bonds is 11. The number of nitrogens with two attached hydrogens (primary N) is 2. The summed E-state index contributed by atoms with van der Waals surface area (Å²) in [6, 6.07) is 14.0. The maximum Gasteiger partial charge on any atom is 0.270 e. The summed E-state index contributed by atoms with van der Waals surface area (Å²) in [5.74, 6) is 5.44. The molecule has 0 saturated carbocycles. The van der Waals surface area contributed by atoms with Crippen molar-refractivity contribution in [2.24, 2.45) is 11.6 Å². The van der Waals surface area contributed by atoms with Crippen molar-refractivity contribution in [3.05, 3.63) is 71.1 Å². The van der Waals surface area contributed by atoms with Crippen LogP contribution in [-0.4, -0.2) is 43.3 Å². The summed E-state index contributed by atoms with van der Waals surface area (Å²) in [5, 5.41) is 16.0. The molecule has 0 aliphatic rings. The van der Waals surface area contributed by atoms with Gasteiger partial charge in [-0.15, -0.1) is 11.8 Å². The molecule has 0 aliphatic heterocycles. The Bertz CT molecular complexity index is 1070. The zero-order chi connectivity index (χ0) is 25.1. The van der Waals surface area contributed by atoms with E-state index < -0.39 is 11.9 Å². The zero-order valence-electron chi connectivity index (χ0n) is 19.5. The fraction of sp³-hybridized carbons (Fsp3) is 0.292. The standard InChI is InChI=1S/C24H30N6O3S/c1-4-16-5-7-17(8-6-16)21(14-25)29-24(32)20(26)15-30(27)12-11-28-23(31)19-10-9-18(34-3)13-22(19)33-2/h5-10,13,15,21H,4,11-12,26-27H2,1-3H3,(H,28,31)(H,29,32)/b20-15-. The van der Waals surface area contributed by atoms with E-state index in [0.29, 0.717) is 16.9 Å². The molecule has 0 aromatic heterocycles. The topological polar surface area (TPSA) is 146 Å². The molecule has 10 heteroatoms. The van der Waals surface area contributed by atoms with E-state index in [4.69, 9.17) is 16.3 Å². The number of thioether (sulfide) groups is 1. The van der Waals surface area contributed by atoms with E-state index in [-0.39, 0.29) is 24.7 Å². The second kappa shape index (κ2) is 13.1. The first-order valence-electron chi connectivity index (χ1n) is 10.6. The van der Waals surface area contributed by atoms with Crippen molar-refractivity contribution in [2.75, 3.05) is 26.5 Å². The molecule has 0 heterocycles. The van der Waals surface area contributed by atoms with Crippen LogP contribution in [0.25, 0.3) is 0 Å². The minimum absolute atomic E-state index is 0.159. The Hall–Kier alpha value is -3.68. The van der Waals surface area contributed by atoms with Crippen LogP contribution in [0.5, 0.6) is 5.75 Å². The Morgan fingerprint density at radius 2 is 1.97 bits per heavy atom. The van der Waals surface area contributed by atoms with Crippen LogP contribution in [0.1, 0.15) is 34.5 Å². The highest BCUT2D eigenvalue weighted by molar-refractivity contribution is 7.98. The molecular weight excluding hydrogens is 452 g/mol. The van der Waals surface area contributed by atoms with E-state index in [1.807, 2.05) is 31.4 Å². The first-order chi connectivity index (χ1) is 16.3. The molecule has 34 heavy (non-hydrogen) atoms. The highest BCUT2D eigenvalue weighted by Crippen LogP contribution is 2.25. The summed E-state index contributed by atoms with van der Waals surface area (Å²) in [6.45, 7) is 2.44. The van der Waals surface area contributed by atoms with Gasteiger partial charge in [0.25, 0.3) is 11.8 Å². The molecule has 6 N–H and O–H groups in total. The lowest BCUT2D eigenvalue weighted by Gasteiger charge is -2.17. The Labute approximate surface area is 204 Å². The number of nitrogens with one attached hydrogen (secondary N) is 2. The van der Waals surface area contributed by atoms with Crippen LogP contribution in [0.4, 0.5) is 0 Å². The molecule has 0 saturated heterocycles. The number of hydrazine groups is 1. The number of nitriles is 1. The molecule has 2 aromatic rings. The smallest absolute Gasteiger partial charge is 0.270 e. The summed E-state index contributed by atoms with van der Waals surface area (Å²) >= 11 is 1.55. The van der Waals surface area contributed by atoms with Crippen LogP contribution >= 0.6 is 11.8 Å². The molecule has 9 nitrogen and oxygen atoms in total. The molecule has 2 aromatic carbocycles. The van der Waals surface area contributed by atoms with Gasteiger partial charge in [-0.1, -0.05) is 31.2 Å². The van der Waals surface area contributed by atoms with Crippen LogP contribution in [-0.2, 0) is 11.2 Å². The average Bonchev–Trinajstić information content (AvgIpc) is 2.86. The van der Waals surface area contributed by atoms with Gasteiger partial charge in [-0.05, 0) is 42.0 Å². The third kappa shape index (κ3) is 7.43. The largest absolute Gasteiger partial charge is 0.496 e. The third-order valence-electron chi connectivity index (χ3n) is 5.00. The van der Waals surface area contributed by atoms with Gasteiger partial charge in [0, 0.05) is 17.6 Å². The maximum atomic E-state index is 12.5. The molecule has 2 rings (SSSR count). The van der Waals surface area contributed by atoms with Crippen molar-refractivity contribution >= 4 is 23.6 Å². The third-order valence-corrected chi connectivity index (χ3v) is 5.73. The lowest BCUT2D eigenvalue weighted by molar-refractivity contribution is -0.118. The predicted octanol–water partition coefficient (Wildman–Crippen LogP) is 2.07. The van der Waals surface area contributed by atoms with Crippen molar-refractivity contribution in [3.63, 3.8) is 0 Å². The molecule has 0 fully saturated rings. The van der Waals surface area contributed by atoms with Gasteiger partial charge >= 0.3 is 0 Å². The second-order valence-corrected chi connectivity index (χ2v) is 8.15. The first-order valence-corrected chi connectivity index (χ1v) is 11.8. The number of aryl methyl sites for hydroxylation is 1. The number of hydrogen-bond donors (Lipinski definition) is 4. The lowest BCUT2D eigenvalue weighted by atomic mass is 10.0. The van der Waals surface area contributed by atoms with Crippen molar-refractivity contribution in [2.45, 2.75) is 24.3 Å². The average molecular weight is 483 g/mol. The lowest BCUT2D eigenvalue weighted by Crippen LogP contribution is -2.38. The van der Waals surface area contributed by atoms with Gasteiger partial charge in [0.1, 0.15) is 17.5 Å². The molecular formula is C24H30N6O3S. The van der Waals surface area contributed by atoms with Crippen LogP contribution in [0.15, 0.2) is 59.3 Å². The summed E-state index contributed by atoms with van der Waals surface area (Å²) in [7, 11) is 1.51. The van der Waals surface area contributed by atoms with Crippen molar-refractivity contribution < 1.29 is 14.3 Å². The van der Waals surface area contributed by atoms with Crippen molar-refractivity contribution in [1.29, 1.82) is 5.26 Å². The monoisotopic (exact) mass is 482 g/mol. The van der Waals surface area contributed by atoms with Gasteiger partial charge in [0.05, 0.1) is 25.3 Å². The first kappa shape index (κ1) is 26.6. The van der Waals surface area contributed by atoms with E-state index in [9.17, 15) is 14.9 Å². The van der Waals surface area contributed by atoms with E-state index in [2.05, 4.69) is 16.7 Å². The number of nitrogens with zero attached hydrogens (tertiary/aromatic N) is 2. The van der Waals surface area contributed by atoms with Crippen LogP contribution in [0.2, 0.25) is 0 Å². The Kier molecular flexibility index (Phi) is 10.3. The van der Waals surface area contributed by atoms with Gasteiger partial charge < -0.3 is 26.1 Å². The molecule has 0 radical (unpaired) electrons. The van der Waals surface area contributed by atoms with Crippen LogP contribution < -0.4 is 26.9 Å². The number of amides is 2. The molecule has 1 atom stereocenters. The highest BCUT2D eigenvalue weighted by Gasteiger charge is 2.16. The quantitative estimate of drug-likeness (QED) is 0.165. The number of carbonyl (C=O) groups is 2. The molecule has 0 bridgehead atoms. The zero-order valence-corrected chi connectivity index (χ0v) is 20.3. The predicted molar refractivity (Wildman–Crippen MR) is 133 cm³/mol. The number of benzene rings is 2. The number of hydrogen-bond acceptors (Lipinski definition) is 8. The Morgan fingerprint density at radius 3 is 2.56 bits per heavy atom. The number of methoxy groups -OCH3 is 1. The minimum Gasteiger partial charge on any atom is -0.496 e. The van der Waals surface area contributed by atoms with Gasteiger partial charge in [-0.3, -0.25) is 9.59 Å². The summed E-state index contributed by atoms with van der Waals surface area (Å²) in [5.41, 5.74) is 7.89. The Balaban J connectivity index is 1.90. The number of ether oxygens (including phenoxy) is 1. The van der Waals surface area contributed by atoms with Gasteiger partial charge in [0.2, 0.25) is 0 Å². The number of carbonyl (C=O) groups excluding carboxylic acids is 2. The van der Waals surface area contributed by atoms with E-state index in [1.54, 1.807) is 36.0 Å². The summed E-state index contributed by atoms with van der Waals surface area (Å²) < 4.78 is 5.30. The molecule has 0 aliphatic carbocycles. The molecule has 0 spiro atoms. The normalized spacial score (nSPS) is 11.8. The van der Waals surface area contributed by atoms with E-state index in [0.717, 1.165) is 16.9 Å². The molecule has 180 valence electrons. The van der Waals surface area contributed by atoms with Crippen LogP contribution in [0.3, 0.4) is 0 Å². The fourth-order valence-electron chi connectivity index (χ4n) is 3.03. The Morgan fingerprint density at radius 1 is 1.26 bits per heavy atom. The molecule has 1 unspecified atom stereocenters.